The van der Waals surface area contributed by atoms with Crippen molar-refractivity contribution in [1.29, 1.82) is 0 Å². The van der Waals surface area contributed by atoms with Gasteiger partial charge in [-0.1, -0.05) is 35.4 Å². The number of allylic oxidation sites excluding steroid dienone is 2. The normalized spacial score (nSPS) is 43.6. The Morgan fingerprint density at radius 3 is 2.35 bits per heavy atom. The van der Waals surface area contributed by atoms with Crippen molar-refractivity contribution in [1.82, 2.24) is 0 Å². The van der Waals surface area contributed by atoms with Gasteiger partial charge >= 0.3 is 12.4 Å². The van der Waals surface area contributed by atoms with Crippen molar-refractivity contribution >= 4 is 21.6 Å². The average molecular weight is 703 g/mol. The van der Waals surface area contributed by atoms with E-state index in [0.717, 1.165) is 40.9 Å². The van der Waals surface area contributed by atoms with E-state index in [1.54, 1.807) is 6.92 Å². The zero-order valence-corrected chi connectivity index (χ0v) is 28.2. The lowest BCUT2D eigenvalue weighted by Gasteiger charge is -2.57. The van der Waals surface area contributed by atoms with Gasteiger partial charge in [-0.2, -0.15) is 26.3 Å². The molecule has 2 saturated carbocycles. The smallest absolute Gasteiger partial charge is 0.449 e. The van der Waals surface area contributed by atoms with E-state index in [2.05, 4.69) is 13.8 Å². The zero-order chi connectivity index (χ0) is 33.2. The van der Waals surface area contributed by atoms with Gasteiger partial charge in [0.05, 0.1) is 12.7 Å². The Balaban J connectivity index is 1.25. The van der Waals surface area contributed by atoms with Crippen LogP contribution < -0.4 is 0 Å². The Hall–Kier alpha value is -0.800. The summed E-state index contributed by atoms with van der Waals surface area (Å²) < 4.78 is 103. The van der Waals surface area contributed by atoms with Crippen LogP contribution in [0.15, 0.2) is 22.7 Å². The maximum Gasteiger partial charge on any atom is 0.449 e. The summed E-state index contributed by atoms with van der Waals surface area (Å²) in [6.07, 6.45) is -5.96. The lowest BCUT2D eigenvalue weighted by Crippen LogP contribution is -2.67. The van der Waals surface area contributed by atoms with Crippen molar-refractivity contribution in [3.05, 3.63) is 22.7 Å². The summed E-state index contributed by atoms with van der Waals surface area (Å²) in [6, 6.07) is 0. The van der Waals surface area contributed by atoms with Crippen LogP contribution in [0.2, 0.25) is 0 Å². The molecule has 2 bridgehead atoms. The van der Waals surface area contributed by atoms with Crippen molar-refractivity contribution in [3.8, 4) is 0 Å². The first kappa shape index (κ1) is 35.0. The molecule has 5 aliphatic heterocycles. The summed E-state index contributed by atoms with van der Waals surface area (Å²) in [7, 11) is 2.07. The van der Waals surface area contributed by atoms with Gasteiger partial charge in [-0.3, -0.25) is 0 Å². The van der Waals surface area contributed by atoms with E-state index >= 15 is 0 Å². The van der Waals surface area contributed by atoms with Crippen molar-refractivity contribution in [2.45, 2.75) is 115 Å². The molecule has 262 valence electrons. The van der Waals surface area contributed by atoms with Gasteiger partial charge in [0.2, 0.25) is 17.8 Å². The summed E-state index contributed by atoms with van der Waals surface area (Å²) in [4.78, 5) is 11.7. The number of hydrogen-bond acceptors (Lipinski definition) is 8. The zero-order valence-electron chi connectivity index (χ0n) is 26.5. The molecule has 4 saturated heterocycles. The molecule has 0 aromatic heterocycles. The molecule has 0 radical (unpaired) electrons. The molecule has 14 heteroatoms. The highest BCUT2D eigenvalue weighted by molar-refractivity contribution is 8.76. The first-order chi connectivity index (χ1) is 21.5. The van der Waals surface area contributed by atoms with Gasteiger partial charge in [-0.25, -0.2) is 9.78 Å². The van der Waals surface area contributed by atoms with Crippen LogP contribution >= 0.6 is 21.6 Å². The quantitative estimate of drug-likeness (QED) is 0.0967. The Morgan fingerprint density at radius 1 is 0.891 bits per heavy atom. The predicted octanol–water partition coefficient (Wildman–Crippen LogP) is 9.28. The third-order valence-corrected chi connectivity index (χ3v) is 13.9. The molecule has 46 heavy (non-hydrogen) atoms. The van der Waals surface area contributed by atoms with E-state index in [4.69, 9.17) is 24.0 Å². The van der Waals surface area contributed by atoms with Gasteiger partial charge in [0.25, 0.3) is 0 Å². The van der Waals surface area contributed by atoms with Crippen molar-refractivity contribution < 1.29 is 55.4 Å². The van der Waals surface area contributed by atoms with E-state index in [9.17, 15) is 31.4 Å². The number of aliphatic hydroxyl groups excluding tert-OH is 1. The summed E-state index contributed by atoms with van der Waals surface area (Å²) >= 11 is 0. The van der Waals surface area contributed by atoms with E-state index in [-0.39, 0.29) is 52.4 Å². The Bertz CT molecular complexity index is 1210. The van der Waals surface area contributed by atoms with Crippen LogP contribution in [0.3, 0.4) is 0 Å². The molecule has 2 aliphatic carbocycles. The van der Waals surface area contributed by atoms with Crippen molar-refractivity contribution in [2.24, 2.45) is 41.4 Å². The molecule has 0 aromatic rings. The van der Waals surface area contributed by atoms with Crippen LogP contribution in [0.1, 0.15) is 79.1 Å². The third-order valence-electron chi connectivity index (χ3n) is 11.7. The minimum absolute atomic E-state index is 0.00780. The number of fused-ring (bicyclic) bond motifs is 3. The minimum atomic E-state index is -4.94. The molecule has 11 atom stereocenters. The molecule has 7 aliphatic rings. The maximum absolute atomic E-state index is 14.6. The topological polar surface area (TPSA) is 66.4 Å². The molecule has 1 spiro atoms. The minimum Gasteiger partial charge on any atom is -0.504 e. The highest BCUT2D eigenvalue weighted by Gasteiger charge is 2.70. The summed E-state index contributed by atoms with van der Waals surface area (Å²) in [5.74, 6) is -5.19. The third kappa shape index (κ3) is 6.33. The van der Waals surface area contributed by atoms with E-state index in [0.29, 0.717) is 44.6 Å². The van der Waals surface area contributed by atoms with Crippen LogP contribution in [-0.4, -0.2) is 59.4 Å². The second kappa shape index (κ2) is 12.8. The fraction of sp³-hybridized carbons (Fsp3) is 0.875. The monoisotopic (exact) mass is 702 g/mol. The number of aliphatic hydroxyl groups is 1. The molecule has 6 fully saturated rings. The van der Waals surface area contributed by atoms with Gasteiger partial charge in [0.15, 0.2) is 11.4 Å². The van der Waals surface area contributed by atoms with Gasteiger partial charge < -0.3 is 19.3 Å². The molecular weight excluding hydrogens is 658 g/mol. The molecule has 7 rings (SSSR count). The number of hydrogen-bond donors (Lipinski definition) is 1. The van der Waals surface area contributed by atoms with E-state index < -0.39 is 53.4 Å². The highest BCUT2D eigenvalue weighted by Crippen LogP contribution is 2.62. The molecule has 0 aromatic carbocycles. The fourth-order valence-electron chi connectivity index (χ4n) is 9.19. The van der Waals surface area contributed by atoms with Gasteiger partial charge in [-0.15, -0.1) is 0 Å². The molecule has 6 nitrogen and oxygen atoms in total. The van der Waals surface area contributed by atoms with Crippen LogP contribution in [-0.2, 0) is 24.0 Å². The van der Waals surface area contributed by atoms with Crippen LogP contribution in [0, 0.1) is 41.4 Å². The summed E-state index contributed by atoms with van der Waals surface area (Å²) in [5.41, 5.74) is -1.34. The Labute approximate surface area is 274 Å². The standard InChI is InChI=1S/C32H44F6O6S2/c1-16-5-8-20(21-13-40-18(3)7-9-19(16)21)22(26(39)31(33,34)35)14-45-46-15-23-25-10-6-17(2)24-11-12-29(4)42-28(30(24,25)44-43-29)41-27(23)32(36,37)38/h16-21,24-25,28,39H,5-15H2,1-4H3/b26-22-/t16-,17-,18+,19?,20-,21?,24?,25+,28-,29?,30-/m1/s1. The van der Waals surface area contributed by atoms with Crippen LogP contribution in [0.25, 0.3) is 0 Å². The molecule has 4 unspecified atom stereocenters. The molecule has 1 N–H and O–H groups in total. The van der Waals surface area contributed by atoms with Crippen molar-refractivity contribution in [3.63, 3.8) is 0 Å². The van der Waals surface area contributed by atoms with Gasteiger partial charge in [-0.05, 0) is 99.5 Å². The predicted molar refractivity (Wildman–Crippen MR) is 161 cm³/mol. The SMILES string of the molecule is C[C@@H]1CC[C@@H](/C(CSSCC2=C(C(F)(F)F)O[C@@H]3OC4(C)CCC5[C@H](C)CC[C@@H]2[C@]53OO4)=C(\O)C(F)(F)F)C2CO[C@@H](C)CCC21. The lowest BCUT2D eigenvalue weighted by molar-refractivity contribution is -0.557. The lowest BCUT2D eigenvalue weighted by atomic mass is 9.59. The van der Waals surface area contributed by atoms with Gasteiger partial charge in [0.1, 0.15) is 0 Å². The molecule has 5 heterocycles. The average Bonchev–Trinajstić information content (AvgIpc) is 3.33. The summed E-state index contributed by atoms with van der Waals surface area (Å²) in [5, 5.41) is 10.5. The van der Waals surface area contributed by atoms with Gasteiger partial charge in [0, 0.05) is 29.8 Å². The number of rotatable bonds is 6. The fourth-order valence-corrected chi connectivity index (χ4v) is 11.6. The van der Waals surface area contributed by atoms with Crippen LogP contribution in [0.4, 0.5) is 26.3 Å². The molecule has 0 amide bonds. The second-order valence-electron chi connectivity index (χ2n) is 14.4. The maximum atomic E-state index is 14.6. The largest absolute Gasteiger partial charge is 0.504 e. The molecular formula is C32H44F6O6S2. The number of halogens is 6. The highest BCUT2D eigenvalue weighted by atomic mass is 33.1. The Kier molecular flexibility index (Phi) is 9.77. The Morgan fingerprint density at radius 2 is 1.63 bits per heavy atom. The van der Waals surface area contributed by atoms with E-state index in [1.807, 2.05) is 6.92 Å². The summed E-state index contributed by atoms with van der Waals surface area (Å²) in [6.45, 7) is 8.11. The number of ether oxygens (including phenoxy) is 3. The van der Waals surface area contributed by atoms with Crippen LogP contribution in [0.5, 0.6) is 0 Å². The first-order valence-corrected chi connectivity index (χ1v) is 18.9. The van der Waals surface area contributed by atoms with E-state index in [1.165, 1.54) is 0 Å². The second-order valence-corrected chi connectivity index (χ2v) is 16.9. The van der Waals surface area contributed by atoms with Crippen molar-refractivity contribution in [2.75, 3.05) is 18.1 Å². The first-order valence-electron chi connectivity index (χ1n) is 16.4. The number of alkyl halides is 6.